The highest BCUT2D eigenvalue weighted by atomic mass is 16.1. The van der Waals surface area contributed by atoms with Crippen molar-refractivity contribution in [1.29, 1.82) is 0 Å². The van der Waals surface area contributed by atoms with Crippen LogP contribution in [0.3, 0.4) is 0 Å². The van der Waals surface area contributed by atoms with Crippen molar-refractivity contribution in [2.45, 2.75) is 26.7 Å². The molecule has 0 aliphatic rings. The second kappa shape index (κ2) is 8.68. The molecular weight excluding hydrogens is 190 g/mol. The van der Waals surface area contributed by atoms with Gasteiger partial charge in [0.15, 0.2) is 0 Å². The zero-order chi connectivity index (χ0) is 11.7. The van der Waals surface area contributed by atoms with Crippen LogP contribution in [0.4, 0.5) is 0 Å². The summed E-state index contributed by atoms with van der Waals surface area (Å²) in [5.74, 6) is 0.0887. The van der Waals surface area contributed by atoms with E-state index in [0.29, 0.717) is 13.1 Å². The Labute approximate surface area is 93.2 Å². The zero-order valence-corrected chi connectivity index (χ0v) is 10.3. The molecule has 15 heavy (non-hydrogen) atoms. The summed E-state index contributed by atoms with van der Waals surface area (Å²) >= 11 is 0. The summed E-state index contributed by atoms with van der Waals surface area (Å²) < 4.78 is 0. The zero-order valence-electron chi connectivity index (χ0n) is 10.3. The van der Waals surface area contributed by atoms with E-state index in [1.807, 2.05) is 7.05 Å². The van der Waals surface area contributed by atoms with Gasteiger partial charge in [0.25, 0.3) is 0 Å². The van der Waals surface area contributed by atoms with Gasteiger partial charge in [0.05, 0.1) is 5.92 Å². The minimum atomic E-state index is -0.0121. The molecular formula is C11H25N3O. The van der Waals surface area contributed by atoms with Crippen molar-refractivity contribution in [2.24, 2.45) is 11.7 Å². The van der Waals surface area contributed by atoms with E-state index in [1.54, 1.807) is 0 Å². The molecule has 4 heteroatoms. The molecule has 0 aliphatic heterocycles. The van der Waals surface area contributed by atoms with Crippen LogP contribution in [0.5, 0.6) is 0 Å². The maximum absolute atomic E-state index is 11.6. The smallest absolute Gasteiger partial charge is 0.224 e. The van der Waals surface area contributed by atoms with E-state index in [2.05, 4.69) is 24.1 Å². The lowest BCUT2D eigenvalue weighted by molar-refractivity contribution is -0.124. The second-order valence-electron chi connectivity index (χ2n) is 3.91. The van der Waals surface area contributed by atoms with Gasteiger partial charge >= 0.3 is 0 Å². The maximum atomic E-state index is 11.6. The summed E-state index contributed by atoms with van der Waals surface area (Å²) in [6.45, 7) is 7.23. The highest BCUT2D eigenvalue weighted by molar-refractivity contribution is 5.78. The van der Waals surface area contributed by atoms with Gasteiger partial charge < -0.3 is 16.0 Å². The number of nitrogens with two attached hydrogens (primary N) is 1. The molecule has 0 aromatic carbocycles. The number of carbonyl (C=O) groups excluding carboxylic acids is 1. The van der Waals surface area contributed by atoms with Crippen molar-refractivity contribution < 1.29 is 4.79 Å². The van der Waals surface area contributed by atoms with Crippen molar-refractivity contribution in [2.75, 3.05) is 33.2 Å². The SMILES string of the molecule is CCCC(CN)C(=O)NCCN(C)CC. The van der Waals surface area contributed by atoms with Gasteiger partial charge in [-0.25, -0.2) is 0 Å². The molecule has 0 spiro atoms. The van der Waals surface area contributed by atoms with E-state index in [-0.39, 0.29) is 11.8 Å². The molecule has 90 valence electrons. The lowest BCUT2D eigenvalue weighted by atomic mass is 10.0. The van der Waals surface area contributed by atoms with Crippen LogP contribution in [-0.4, -0.2) is 44.0 Å². The largest absolute Gasteiger partial charge is 0.355 e. The lowest BCUT2D eigenvalue weighted by Gasteiger charge is -2.17. The summed E-state index contributed by atoms with van der Waals surface area (Å²) in [6.07, 6.45) is 1.89. The van der Waals surface area contributed by atoms with Crippen LogP contribution in [0, 0.1) is 5.92 Å². The fraction of sp³-hybridized carbons (Fsp3) is 0.909. The molecule has 0 aromatic rings. The molecule has 0 bridgehead atoms. The molecule has 4 nitrogen and oxygen atoms in total. The van der Waals surface area contributed by atoms with Crippen molar-refractivity contribution in [3.63, 3.8) is 0 Å². The van der Waals surface area contributed by atoms with E-state index >= 15 is 0 Å². The molecule has 0 heterocycles. The van der Waals surface area contributed by atoms with Gasteiger partial charge in [-0.05, 0) is 20.0 Å². The Morgan fingerprint density at radius 1 is 1.47 bits per heavy atom. The average Bonchev–Trinajstić information content (AvgIpc) is 2.25. The highest BCUT2D eigenvalue weighted by Crippen LogP contribution is 2.03. The Morgan fingerprint density at radius 3 is 2.60 bits per heavy atom. The number of rotatable bonds is 8. The minimum Gasteiger partial charge on any atom is -0.355 e. The van der Waals surface area contributed by atoms with Crippen LogP contribution in [-0.2, 0) is 4.79 Å². The summed E-state index contributed by atoms with van der Waals surface area (Å²) in [6, 6.07) is 0. The standard InChI is InChI=1S/C11H25N3O/c1-4-6-10(9-12)11(15)13-7-8-14(3)5-2/h10H,4-9,12H2,1-3H3,(H,13,15). The quantitative estimate of drug-likeness (QED) is 0.617. The van der Waals surface area contributed by atoms with Crippen LogP contribution in [0.25, 0.3) is 0 Å². The van der Waals surface area contributed by atoms with E-state index in [0.717, 1.165) is 25.9 Å². The summed E-state index contributed by atoms with van der Waals surface area (Å²) in [5.41, 5.74) is 5.55. The first-order chi connectivity index (χ1) is 7.15. The summed E-state index contributed by atoms with van der Waals surface area (Å²) in [7, 11) is 2.04. The van der Waals surface area contributed by atoms with E-state index in [1.165, 1.54) is 0 Å². The van der Waals surface area contributed by atoms with Crippen LogP contribution in [0.15, 0.2) is 0 Å². The summed E-state index contributed by atoms with van der Waals surface area (Å²) in [4.78, 5) is 13.8. The van der Waals surface area contributed by atoms with Gasteiger partial charge in [-0.2, -0.15) is 0 Å². The molecule has 0 aliphatic carbocycles. The predicted molar refractivity (Wildman–Crippen MR) is 63.6 cm³/mol. The van der Waals surface area contributed by atoms with Crippen molar-refractivity contribution >= 4 is 5.91 Å². The first-order valence-corrected chi connectivity index (χ1v) is 5.81. The number of nitrogens with one attached hydrogen (secondary N) is 1. The molecule has 0 aromatic heterocycles. The molecule has 3 N–H and O–H groups in total. The van der Waals surface area contributed by atoms with Gasteiger partial charge in [0.2, 0.25) is 5.91 Å². The molecule has 0 rings (SSSR count). The monoisotopic (exact) mass is 215 g/mol. The average molecular weight is 215 g/mol. The first kappa shape index (κ1) is 14.4. The van der Waals surface area contributed by atoms with E-state index in [9.17, 15) is 4.79 Å². The number of amides is 1. The fourth-order valence-electron chi connectivity index (χ4n) is 1.38. The normalized spacial score (nSPS) is 12.9. The van der Waals surface area contributed by atoms with Gasteiger partial charge in [0, 0.05) is 19.6 Å². The third-order valence-electron chi connectivity index (χ3n) is 2.63. The van der Waals surface area contributed by atoms with E-state index < -0.39 is 0 Å². The lowest BCUT2D eigenvalue weighted by Crippen LogP contribution is -2.38. The molecule has 0 radical (unpaired) electrons. The number of nitrogens with zero attached hydrogens (tertiary/aromatic N) is 1. The molecule has 1 amide bonds. The number of hydrogen-bond acceptors (Lipinski definition) is 3. The van der Waals surface area contributed by atoms with Gasteiger partial charge in [-0.3, -0.25) is 4.79 Å². The Kier molecular flexibility index (Phi) is 8.33. The molecule has 0 saturated heterocycles. The van der Waals surface area contributed by atoms with Crippen LogP contribution >= 0.6 is 0 Å². The third kappa shape index (κ3) is 6.47. The van der Waals surface area contributed by atoms with Crippen molar-refractivity contribution in [3.05, 3.63) is 0 Å². The Balaban J connectivity index is 3.71. The number of hydrogen-bond donors (Lipinski definition) is 2. The highest BCUT2D eigenvalue weighted by Gasteiger charge is 2.14. The predicted octanol–water partition coefficient (Wildman–Crippen LogP) is 0.429. The Hall–Kier alpha value is -0.610. The number of carbonyl (C=O) groups is 1. The molecule has 0 saturated carbocycles. The minimum absolute atomic E-state index is 0.0121. The van der Waals surface area contributed by atoms with Crippen LogP contribution in [0.1, 0.15) is 26.7 Å². The Bertz CT molecular complexity index is 173. The van der Waals surface area contributed by atoms with Crippen LogP contribution < -0.4 is 11.1 Å². The van der Waals surface area contributed by atoms with Crippen LogP contribution in [0.2, 0.25) is 0 Å². The van der Waals surface area contributed by atoms with Gasteiger partial charge in [0.1, 0.15) is 0 Å². The maximum Gasteiger partial charge on any atom is 0.224 e. The van der Waals surface area contributed by atoms with Crippen molar-refractivity contribution in [1.82, 2.24) is 10.2 Å². The topological polar surface area (TPSA) is 58.4 Å². The van der Waals surface area contributed by atoms with Crippen molar-refractivity contribution in [3.8, 4) is 0 Å². The molecule has 1 unspecified atom stereocenters. The Morgan fingerprint density at radius 2 is 2.13 bits per heavy atom. The summed E-state index contributed by atoms with van der Waals surface area (Å²) in [5, 5.41) is 2.92. The van der Waals surface area contributed by atoms with E-state index in [4.69, 9.17) is 5.73 Å². The number of likely N-dealkylation sites (N-methyl/N-ethyl adjacent to an activating group) is 1. The third-order valence-corrected chi connectivity index (χ3v) is 2.63. The van der Waals surface area contributed by atoms with Gasteiger partial charge in [-0.1, -0.05) is 20.3 Å². The fourth-order valence-corrected chi connectivity index (χ4v) is 1.38. The molecule has 0 fully saturated rings. The van der Waals surface area contributed by atoms with Gasteiger partial charge in [-0.15, -0.1) is 0 Å². The second-order valence-corrected chi connectivity index (χ2v) is 3.91. The first-order valence-electron chi connectivity index (χ1n) is 5.81. The molecule has 1 atom stereocenters.